The number of sulfonamides is 1. The van der Waals surface area contributed by atoms with Crippen LogP contribution in [0.25, 0.3) is 0 Å². The third-order valence-corrected chi connectivity index (χ3v) is 5.31. The highest BCUT2D eigenvalue weighted by Crippen LogP contribution is 2.17. The third-order valence-electron chi connectivity index (χ3n) is 2.81. The number of hydrogen-bond acceptors (Lipinski definition) is 5. The third kappa shape index (κ3) is 3.61. The van der Waals surface area contributed by atoms with E-state index in [2.05, 4.69) is 14.9 Å². The molecular formula is C12H15N3O4S2. The van der Waals surface area contributed by atoms with E-state index in [1.165, 1.54) is 24.3 Å². The Morgan fingerprint density at radius 1 is 1.10 bits per heavy atom. The maximum atomic E-state index is 12.1. The minimum Gasteiger partial charge on any atom is -0.280 e. The molecule has 0 radical (unpaired) electrons. The summed E-state index contributed by atoms with van der Waals surface area (Å²) in [5, 5.41) is 6.55. The maximum Gasteiger partial charge on any atom is 0.263 e. The molecule has 114 valence electrons. The second kappa shape index (κ2) is 5.49. The van der Waals surface area contributed by atoms with Gasteiger partial charge < -0.3 is 0 Å². The van der Waals surface area contributed by atoms with Gasteiger partial charge in [-0.25, -0.2) is 16.8 Å². The first-order chi connectivity index (χ1) is 9.72. The predicted octanol–water partition coefficient (Wildman–Crippen LogP) is 1.18. The second-order valence-electron chi connectivity index (χ2n) is 4.48. The van der Waals surface area contributed by atoms with Gasteiger partial charge in [-0.1, -0.05) is 6.92 Å². The largest absolute Gasteiger partial charge is 0.280 e. The first kappa shape index (κ1) is 15.5. The van der Waals surface area contributed by atoms with Gasteiger partial charge in [0.15, 0.2) is 15.7 Å². The lowest BCUT2D eigenvalue weighted by molar-refractivity contribution is 0.597. The van der Waals surface area contributed by atoms with E-state index in [0.29, 0.717) is 6.42 Å². The monoisotopic (exact) mass is 329 g/mol. The standard InChI is InChI=1S/C12H15N3O4S2/c1-3-9-8-12(14-13-9)15-21(18,19)11-6-4-10(5-7-11)20(2,16)17/h4-8H,3H2,1-2H3,(H2,13,14,15). The number of hydrogen-bond donors (Lipinski definition) is 2. The molecule has 0 aliphatic rings. The number of rotatable bonds is 5. The zero-order valence-corrected chi connectivity index (χ0v) is 13.1. The lowest BCUT2D eigenvalue weighted by atomic mass is 10.3. The van der Waals surface area contributed by atoms with Crippen LogP contribution < -0.4 is 4.72 Å². The summed E-state index contributed by atoms with van der Waals surface area (Å²) in [5.41, 5.74) is 0.806. The predicted molar refractivity (Wildman–Crippen MR) is 78.3 cm³/mol. The van der Waals surface area contributed by atoms with Crippen LogP contribution in [-0.2, 0) is 26.3 Å². The summed E-state index contributed by atoms with van der Waals surface area (Å²) in [4.78, 5) is 0.0328. The first-order valence-electron chi connectivity index (χ1n) is 6.09. The van der Waals surface area contributed by atoms with E-state index < -0.39 is 19.9 Å². The zero-order valence-electron chi connectivity index (χ0n) is 11.5. The summed E-state index contributed by atoms with van der Waals surface area (Å²) in [6.07, 6.45) is 1.77. The molecule has 2 rings (SSSR count). The molecule has 0 bridgehead atoms. The lowest BCUT2D eigenvalue weighted by Gasteiger charge is -2.06. The van der Waals surface area contributed by atoms with Gasteiger partial charge in [0.25, 0.3) is 10.0 Å². The summed E-state index contributed by atoms with van der Waals surface area (Å²) in [7, 11) is -7.15. The Morgan fingerprint density at radius 3 is 2.14 bits per heavy atom. The smallest absolute Gasteiger partial charge is 0.263 e. The van der Waals surface area contributed by atoms with Crippen molar-refractivity contribution in [2.45, 2.75) is 23.1 Å². The fourth-order valence-corrected chi connectivity index (χ4v) is 3.28. The maximum absolute atomic E-state index is 12.1. The summed E-state index contributed by atoms with van der Waals surface area (Å²) >= 11 is 0. The van der Waals surface area contributed by atoms with Gasteiger partial charge in [-0.05, 0) is 30.7 Å². The van der Waals surface area contributed by atoms with E-state index >= 15 is 0 Å². The molecule has 9 heteroatoms. The molecule has 1 aromatic heterocycles. The summed E-state index contributed by atoms with van der Waals surface area (Å²) < 4.78 is 49.3. The Morgan fingerprint density at radius 2 is 1.67 bits per heavy atom. The summed E-state index contributed by atoms with van der Waals surface area (Å²) in [6.45, 7) is 1.91. The first-order valence-corrected chi connectivity index (χ1v) is 9.47. The molecule has 1 aromatic carbocycles. The quantitative estimate of drug-likeness (QED) is 0.856. The normalized spacial score (nSPS) is 12.3. The zero-order chi connectivity index (χ0) is 15.7. The van der Waals surface area contributed by atoms with Crippen LogP contribution in [0.1, 0.15) is 12.6 Å². The molecule has 0 saturated heterocycles. The van der Waals surface area contributed by atoms with Gasteiger partial charge >= 0.3 is 0 Å². The fourth-order valence-electron chi connectivity index (χ4n) is 1.66. The van der Waals surface area contributed by atoms with Crippen molar-refractivity contribution in [3.8, 4) is 0 Å². The molecule has 0 saturated carbocycles. The number of sulfone groups is 1. The van der Waals surface area contributed by atoms with Gasteiger partial charge in [0.05, 0.1) is 9.79 Å². The van der Waals surface area contributed by atoms with Crippen LogP contribution in [0.5, 0.6) is 0 Å². The number of H-pyrrole nitrogens is 1. The van der Waals surface area contributed by atoms with Crippen molar-refractivity contribution in [1.82, 2.24) is 10.2 Å². The Balaban J connectivity index is 2.27. The van der Waals surface area contributed by atoms with Gasteiger partial charge in [0.2, 0.25) is 0 Å². The Bertz CT molecular complexity index is 837. The molecule has 0 aliphatic heterocycles. The van der Waals surface area contributed by atoms with Crippen LogP contribution in [0, 0.1) is 0 Å². The van der Waals surface area contributed by atoms with Crippen LogP contribution in [0.4, 0.5) is 5.82 Å². The highest BCUT2D eigenvalue weighted by atomic mass is 32.2. The van der Waals surface area contributed by atoms with Crippen molar-refractivity contribution < 1.29 is 16.8 Å². The fraction of sp³-hybridized carbons (Fsp3) is 0.250. The average Bonchev–Trinajstić information content (AvgIpc) is 2.85. The van der Waals surface area contributed by atoms with Crippen molar-refractivity contribution in [3.05, 3.63) is 36.0 Å². The highest BCUT2D eigenvalue weighted by molar-refractivity contribution is 7.92. The van der Waals surface area contributed by atoms with Crippen molar-refractivity contribution in [2.24, 2.45) is 0 Å². The van der Waals surface area contributed by atoms with Crippen LogP contribution in [-0.4, -0.2) is 33.3 Å². The van der Waals surface area contributed by atoms with E-state index in [9.17, 15) is 16.8 Å². The number of aromatic amines is 1. The topological polar surface area (TPSA) is 109 Å². The summed E-state index contributed by atoms with van der Waals surface area (Å²) in [6, 6.07) is 6.60. The van der Waals surface area contributed by atoms with Crippen LogP contribution >= 0.6 is 0 Å². The van der Waals surface area contributed by atoms with Crippen LogP contribution in [0.2, 0.25) is 0 Å². The van der Waals surface area contributed by atoms with Crippen molar-refractivity contribution >= 4 is 25.7 Å². The van der Waals surface area contributed by atoms with Crippen LogP contribution in [0.15, 0.2) is 40.1 Å². The summed E-state index contributed by atoms with van der Waals surface area (Å²) in [5.74, 6) is 0.194. The minimum atomic E-state index is -3.80. The molecule has 0 fully saturated rings. The number of anilines is 1. The highest BCUT2D eigenvalue weighted by Gasteiger charge is 2.17. The number of aryl methyl sites for hydroxylation is 1. The van der Waals surface area contributed by atoms with Gasteiger partial charge in [-0.2, -0.15) is 5.10 Å². The van der Waals surface area contributed by atoms with Gasteiger partial charge in [0.1, 0.15) is 0 Å². The second-order valence-corrected chi connectivity index (χ2v) is 8.18. The molecular weight excluding hydrogens is 314 g/mol. The van der Waals surface area contributed by atoms with E-state index in [1.54, 1.807) is 6.07 Å². The molecule has 2 aromatic rings. The van der Waals surface area contributed by atoms with E-state index in [1.807, 2.05) is 6.92 Å². The van der Waals surface area contributed by atoms with Gasteiger partial charge in [0, 0.05) is 18.0 Å². The number of aromatic nitrogens is 2. The number of nitrogens with zero attached hydrogens (tertiary/aromatic N) is 1. The number of nitrogens with one attached hydrogen (secondary N) is 2. The molecule has 2 N–H and O–H groups in total. The minimum absolute atomic E-state index is 0.0315. The Labute approximate surface area is 123 Å². The van der Waals surface area contributed by atoms with E-state index in [-0.39, 0.29) is 15.6 Å². The lowest BCUT2D eigenvalue weighted by Crippen LogP contribution is -2.13. The van der Waals surface area contributed by atoms with E-state index in [4.69, 9.17) is 0 Å². The average molecular weight is 329 g/mol. The van der Waals surface area contributed by atoms with Gasteiger partial charge in [-0.15, -0.1) is 0 Å². The molecule has 0 aliphatic carbocycles. The van der Waals surface area contributed by atoms with Crippen molar-refractivity contribution in [3.63, 3.8) is 0 Å². The Hall–Kier alpha value is -1.87. The SMILES string of the molecule is CCc1cc(NS(=O)(=O)c2ccc(S(C)(=O)=O)cc2)n[nH]1. The molecule has 21 heavy (non-hydrogen) atoms. The molecule has 0 unspecified atom stereocenters. The molecule has 0 atom stereocenters. The Kier molecular flexibility index (Phi) is 4.06. The van der Waals surface area contributed by atoms with E-state index in [0.717, 1.165) is 11.9 Å². The molecule has 1 heterocycles. The van der Waals surface area contributed by atoms with Crippen molar-refractivity contribution in [1.29, 1.82) is 0 Å². The molecule has 0 amide bonds. The van der Waals surface area contributed by atoms with Crippen LogP contribution in [0.3, 0.4) is 0 Å². The molecule has 0 spiro atoms. The number of benzene rings is 1. The van der Waals surface area contributed by atoms with Crippen molar-refractivity contribution in [2.75, 3.05) is 11.0 Å². The molecule has 7 nitrogen and oxygen atoms in total. The van der Waals surface area contributed by atoms with Gasteiger partial charge in [-0.3, -0.25) is 9.82 Å².